The van der Waals surface area contributed by atoms with Crippen LogP contribution in [0.2, 0.25) is 0 Å². The van der Waals surface area contributed by atoms with Gasteiger partial charge in [-0.15, -0.1) is 11.3 Å². The van der Waals surface area contributed by atoms with Crippen LogP contribution in [0.3, 0.4) is 0 Å². The molecule has 0 aliphatic rings. The molecule has 1 amide bonds. The largest absolute Gasteiger partial charge is 0.355 e. The first-order chi connectivity index (χ1) is 7.78. The monoisotopic (exact) mass is 295 g/mol. The molecule has 0 saturated carbocycles. The summed E-state index contributed by atoms with van der Waals surface area (Å²) in [6, 6.07) is 0. The number of hydrogen-bond donors (Lipinski definition) is 3. The van der Waals surface area contributed by atoms with Gasteiger partial charge in [0, 0.05) is 17.1 Å². The summed E-state index contributed by atoms with van der Waals surface area (Å²) in [5.41, 5.74) is 0.863. The summed E-state index contributed by atoms with van der Waals surface area (Å²) in [4.78, 5) is 15.3. The molecule has 0 radical (unpaired) electrons. The normalized spacial score (nSPS) is 11.4. The second kappa shape index (κ2) is 5.71. The average Bonchev–Trinajstić information content (AvgIpc) is 2.42. The molecule has 0 saturated heterocycles. The quantitative estimate of drug-likeness (QED) is 0.668. The van der Waals surface area contributed by atoms with Crippen molar-refractivity contribution in [1.82, 2.24) is 10.3 Å². The molecule has 0 atom stereocenters. The molecule has 0 bridgehead atoms. The number of aromatic nitrogens is 1. The maximum Gasteiger partial charge on any atom is 0.225 e. The minimum Gasteiger partial charge on any atom is -0.355 e. The average molecular weight is 295 g/mol. The van der Waals surface area contributed by atoms with Gasteiger partial charge in [-0.1, -0.05) is 0 Å². The van der Waals surface area contributed by atoms with E-state index in [0.29, 0.717) is 3.95 Å². The first-order valence-corrected chi connectivity index (χ1v) is 7.68. The Bertz CT molecular complexity index is 558. The Hall–Kier alpha value is -0.770. The van der Waals surface area contributed by atoms with Crippen LogP contribution in [0, 0.1) is 10.9 Å². The standard InChI is InChI=1S/C8H13N3O3S3/c1-5-6(16-8(15)11-5)4-7(12)10-2-3-17(9,13)14/h2-4H2,1H3,(H,10,12)(H,11,15)(H2,9,13,14). The molecule has 0 spiro atoms. The second-order valence-electron chi connectivity index (χ2n) is 3.46. The zero-order valence-electron chi connectivity index (χ0n) is 9.15. The number of thiazole rings is 1. The highest BCUT2D eigenvalue weighted by molar-refractivity contribution is 7.89. The molecule has 0 aliphatic heterocycles. The number of rotatable bonds is 5. The maximum atomic E-state index is 11.5. The van der Waals surface area contributed by atoms with Crippen molar-refractivity contribution in [2.75, 3.05) is 12.3 Å². The lowest BCUT2D eigenvalue weighted by atomic mass is 10.3. The molecule has 9 heteroatoms. The Labute approximate surface area is 108 Å². The van der Waals surface area contributed by atoms with E-state index < -0.39 is 10.0 Å². The van der Waals surface area contributed by atoms with E-state index in [2.05, 4.69) is 10.3 Å². The molecule has 0 unspecified atom stereocenters. The van der Waals surface area contributed by atoms with E-state index in [-0.39, 0.29) is 24.6 Å². The van der Waals surface area contributed by atoms with Crippen LogP contribution in [0.25, 0.3) is 0 Å². The molecule has 0 aromatic carbocycles. The van der Waals surface area contributed by atoms with E-state index in [1.165, 1.54) is 11.3 Å². The Kier molecular flexibility index (Phi) is 4.80. The van der Waals surface area contributed by atoms with Gasteiger partial charge in [-0.2, -0.15) is 0 Å². The number of hydrogen-bond acceptors (Lipinski definition) is 5. The third-order valence-electron chi connectivity index (χ3n) is 1.95. The topological polar surface area (TPSA) is 105 Å². The molecular weight excluding hydrogens is 282 g/mol. The zero-order valence-corrected chi connectivity index (χ0v) is 11.6. The number of carbonyl (C=O) groups excluding carboxylic acids is 1. The Morgan fingerprint density at radius 2 is 2.24 bits per heavy atom. The number of H-pyrrole nitrogens is 1. The molecule has 4 N–H and O–H groups in total. The molecule has 96 valence electrons. The molecule has 1 aromatic heterocycles. The van der Waals surface area contributed by atoms with Crippen molar-refractivity contribution in [3.05, 3.63) is 14.5 Å². The van der Waals surface area contributed by atoms with E-state index in [1.54, 1.807) is 0 Å². The number of carbonyl (C=O) groups is 1. The van der Waals surface area contributed by atoms with Crippen molar-refractivity contribution < 1.29 is 13.2 Å². The number of nitrogens with one attached hydrogen (secondary N) is 2. The van der Waals surface area contributed by atoms with Crippen LogP contribution in [0.15, 0.2) is 0 Å². The van der Waals surface area contributed by atoms with Crippen LogP contribution < -0.4 is 10.5 Å². The molecule has 17 heavy (non-hydrogen) atoms. The lowest BCUT2D eigenvalue weighted by Gasteiger charge is -2.03. The first-order valence-electron chi connectivity index (χ1n) is 4.73. The van der Waals surface area contributed by atoms with Gasteiger partial charge in [0.1, 0.15) is 0 Å². The molecular formula is C8H13N3O3S3. The highest BCUT2D eigenvalue weighted by Gasteiger charge is 2.09. The van der Waals surface area contributed by atoms with Crippen molar-refractivity contribution in [1.29, 1.82) is 0 Å². The SMILES string of the molecule is Cc1[nH]c(=S)sc1CC(=O)NCCS(N)(=O)=O. The first kappa shape index (κ1) is 14.3. The summed E-state index contributed by atoms with van der Waals surface area (Å²) in [5, 5.41) is 7.29. The molecule has 1 heterocycles. The Morgan fingerprint density at radius 1 is 1.59 bits per heavy atom. The number of aromatic amines is 1. The summed E-state index contributed by atoms with van der Waals surface area (Å²) < 4.78 is 21.9. The maximum absolute atomic E-state index is 11.5. The Morgan fingerprint density at radius 3 is 2.71 bits per heavy atom. The predicted molar refractivity (Wildman–Crippen MR) is 68.9 cm³/mol. The molecule has 1 rings (SSSR count). The van der Waals surface area contributed by atoms with Gasteiger partial charge in [0.15, 0.2) is 3.95 Å². The number of aryl methyl sites for hydroxylation is 1. The van der Waals surface area contributed by atoms with Gasteiger partial charge < -0.3 is 10.3 Å². The van der Waals surface area contributed by atoms with Crippen molar-refractivity contribution in [2.45, 2.75) is 13.3 Å². The molecule has 6 nitrogen and oxygen atoms in total. The van der Waals surface area contributed by atoms with Gasteiger partial charge in [-0.05, 0) is 19.1 Å². The highest BCUT2D eigenvalue weighted by Crippen LogP contribution is 2.14. The second-order valence-corrected chi connectivity index (χ2v) is 6.96. The predicted octanol–water partition coefficient (Wildman–Crippen LogP) is 0.0613. The summed E-state index contributed by atoms with van der Waals surface area (Å²) in [6.45, 7) is 1.85. The van der Waals surface area contributed by atoms with Gasteiger partial charge in [0.05, 0.1) is 12.2 Å². The van der Waals surface area contributed by atoms with Crippen LogP contribution in [-0.2, 0) is 21.2 Å². The van der Waals surface area contributed by atoms with E-state index in [1.807, 2.05) is 6.92 Å². The summed E-state index contributed by atoms with van der Waals surface area (Å²) in [6.07, 6.45) is 0.189. The minimum absolute atomic E-state index is 0.0204. The van der Waals surface area contributed by atoms with Crippen molar-refractivity contribution in [3.63, 3.8) is 0 Å². The van der Waals surface area contributed by atoms with E-state index >= 15 is 0 Å². The third-order valence-corrected chi connectivity index (χ3v) is 4.06. The van der Waals surface area contributed by atoms with Gasteiger partial charge >= 0.3 is 0 Å². The van der Waals surface area contributed by atoms with Crippen molar-refractivity contribution >= 4 is 39.5 Å². The van der Waals surface area contributed by atoms with Crippen LogP contribution in [0.4, 0.5) is 0 Å². The summed E-state index contributed by atoms with van der Waals surface area (Å²) in [7, 11) is -3.53. The van der Waals surface area contributed by atoms with Gasteiger partial charge in [-0.3, -0.25) is 4.79 Å². The lowest BCUT2D eigenvalue weighted by molar-refractivity contribution is -0.120. The van der Waals surface area contributed by atoms with E-state index in [4.69, 9.17) is 17.4 Å². The summed E-state index contributed by atoms with van der Waals surface area (Å²) >= 11 is 6.28. The third kappa shape index (κ3) is 5.39. The van der Waals surface area contributed by atoms with Crippen LogP contribution in [-0.4, -0.2) is 31.6 Å². The highest BCUT2D eigenvalue weighted by atomic mass is 32.2. The minimum atomic E-state index is -3.53. The van der Waals surface area contributed by atoms with Crippen molar-refractivity contribution in [3.8, 4) is 0 Å². The lowest BCUT2D eigenvalue weighted by Crippen LogP contribution is -2.32. The fourth-order valence-electron chi connectivity index (χ4n) is 1.15. The number of sulfonamides is 1. The number of primary sulfonamides is 1. The van der Waals surface area contributed by atoms with Crippen LogP contribution in [0.1, 0.15) is 10.6 Å². The Balaban J connectivity index is 2.45. The number of amides is 1. The van der Waals surface area contributed by atoms with Crippen LogP contribution in [0.5, 0.6) is 0 Å². The van der Waals surface area contributed by atoms with Gasteiger partial charge in [0.25, 0.3) is 0 Å². The van der Waals surface area contributed by atoms with E-state index in [9.17, 15) is 13.2 Å². The van der Waals surface area contributed by atoms with Crippen LogP contribution >= 0.6 is 23.6 Å². The van der Waals surface area contributed by atoms with Crippen molar-refractivity contribution in [2.24, 2.45) is 5.14 Å². The van der Waals surface area contributed by atoms with Gasteiger partial charge in [0.2, 0.25) is 15.9 Å². The smallest absolute Gasteiger partial charge is 0.225 e. The molecule has 0 fully saturated rings. The zero-order chi connectivity index (χ0) is 13.1. The fraction of sp³-hybridized carbons (Fsp3) is 0.500. The fourth-order valence-corrected chi connectivity index (χ4v) is 2.82. The molecule has 1 aromatic rings. The van der Waals surface area contributed by atoms with Gasteiger partial charge in [-0.25, -0.2) is 13.6 Å². The molecule has 0 aliphatic carbocycles. The van der Waals surface area contributed by atoms with E-state index in [0.717, 1.165) is 10.6 Å². The number of nitrogens with two attached hydrogens (primary N) is 1. The summed E-state index contributed by atoms with van der Waals surface area (Å²) in [5.74, 6) is -0.511.